The average Bonchev–Trinajstić information content (AvgIpc) is 2.86. The van der Waals surface area contributed by atoms with Gasteiger partial charge in [-0.2, -0.15) is 13.2 Å². The molecule has 0 spiro atoms. The molecule has 11 nitrogen and oxygen atoms in total. The summed E-state index contributed by atoms with van der Waals surface area (Å²) >= 11 is 0. The van der Waals surface area contributed by atoms with E-state index in [1.165, 1.54) is 37.9 Å². The van der Waals surface area contributed by atoms with Crippen LogP contribution in [0.4, 0.5) is 18.9 Å². The molecule has 2 saturated carbocycles. The average molecular weight is 611 g/mol. The molecule has 43 heavy (non-hydrogen) atoms. The van der Waals surface area contributed by atoms with Crippen molar-refractivity contribution in [2.24, 2.45) is 29.4 Å². The number of hydrogen-bond acceptors (Lipinski definition) is 10. The van der Waals surface area contributed by atoms with Crippen LogP contribution < -0.4 is 10.6 Å². The predicted octanol–water partition coefficient (Wildman–Crippen LogP) is 0.706. The van der Waals surface area contributed by atoms with Gasteiger partial charge in [0.05, 0.1) is 23.9 Å². The van der Waals surface area contributed by atoms with Gasteiger partial charge in [-0.3, -0.25) is 33.8 Å². The quantitative estimate of drug-likeness (QED) is 0.375. The molecule has 3 aliphatic carbocycles. The maximum atomic E-state index is 14.1. The van der Waals surface area contributed by atoms with E-state index in [-0.39, 0.29) is 30.5 Å². The minimum atomic E-state index is -4.41. The SMILES string of the molecule is CC(CC(F)(F)F)N(C)Cc1cc(N(C)C)c2c(c1O)C(=O)C1C(=O)C3(O)C(=O)C(C(N)=O)C(=O)C(N(C)C)C3CC1C2. The molecule has 4 rings (SSSR count). The fourth-order valence-electron chi connectivity index (χ4n) is 7.14. The number of amides is 1. The maximum Gasteiger partial charge on any atom is 0.390 e. The van der Waals surface area contributed by atoms with E-state index in [1.54, 1.807) is 25.1 Å². The third-order valence-corrected chi connectivity index (χ3v) is 9.30. The standard InChI is InChI=1S/C29H37F3N4O7/c1-12(10-28(30,31)32)36(6)11-14-9-17(34(2)3)15-7-13-8-16-21(35(4)5)24(39)20(27(33)42)26(41)29(16,43)25(40)18(13)23(38)19(15)22(14)37/h9,12-13,16,18,20-21,37,43H,7-8,10-11H2,1-6H3,(H2,33,42). The number of anilines is 1. The van der Waals surface area contributed by atoms with Crippen LogP contribution in [-0.2, 0) is 32.1 Å². The number of alkyl halides is 3. The van der Waals surface area contributed by atoms with Crippen molar-refractivity contribution in [3.05, 3.63) is 22.8 Å². The van der Waals surface area contributed by atoms with Crippen molar-refractivity contribution in [1.29, 1.82) is 0 Å². The fourth-order valence-corrected chi connectivity index (χ4v) is 7.14. The first-order valence-corrected chi connectivity index (χ1v) is 13.9. The molecular formula is C29H37F3N4O7. The molecule has 14 heteroatoms. The molecule has 236 valence electrons. The van der Waals surface area contributed by atoms with E-state index in [0.29, 0.717) is 11.3 Å². The molecule has 0 aromatic heterocycles. The van der Waals surface area contributed by atoms with Gasteiger partial charge in [-0.05, 0) is 58.5 Å². The Morgan fingerprint density at radius 3 is 2.23 bits per heavy atom. The Morgan fingerprint density at radius 2 is 1.72 bits per heavy atom. The molecule has 0 bridgehead atoms. The van der Waals surface area contributed by atoms with E-state index in [2.05, 4.69) is 0 Å². The maximum absolute atomic E-state index is 14.1. The number of primary amides is 1. The van der Waals surface area contributed by atoms with E-state index in [9.17, 15) is 47.4 Å². The van der Waals surface area contributed by atoms with Crippen molar-refractivity contribution < 1.29 is 47.4 Å². The second-order valence-electron chi connectivity index (χ2n) is 12.5. The van der Waals surface area contributed by atoms with Crippen molar-refractivity contribution >= 4 is 34.7 Å². The number of benzene rings is 1. The zero-order valence-corrected chi connectivity index (χ0v) is 24.9. The number of ketones is 4. The minimum Gasteiger partial charge on any atom is -0.507 e. The minimum absolute atomic E-state index is 0.0769. The lowest BCUT2D eigenvalue weighted by Crippen LogP contribution is -2.74. The highest BCUT2D eigenvalue weighted by molar-refractivity contribution is 6.32. The van der Waals surface area contributed by atoms with Crippen LogP contribution in [0.15, 0.2) is 6.07 Å². The van der Waals surface area contributed by atoms with E-state index >= 15 is 0 Å². The number of carbonyl (C=O) groups is 5. The summed E-state index contributed by atoms with van der Waals surface area (Å²) in [7, 11) is 7.85. The van der Waals surface area contributed by atoms with Crippen molar-refractivity contribution in [3.63, 3.8) is 0 Å². The lowest BCUT2D eigenvalue weighted by Gasteiger charge is -2.52. The van der Waals surface area contributed by atoms with Crippen molar-refractivity contribution in [2.75, 3.05) is 40.1 Å². The monoisotopic (exact) mass is 610 g/mol. The topological polar surface area (TPSA) is 162 Å². The first-order valence-electron chi connectivity index (χ1n) is 13.9. The number of hydrogen-bond donors (Lipinski definition) is 3. The molecule has 1 aromatic rings. The number of rotatable bonds is 7. The van der Waals surface area contributed by atoms with Gasteiger partial charge in [0, 0.05) is 43.9 Å². The van der Waals surface area contributed by atoms with Crippen molar-refractivity contribution in [1.82, 2.24) is 9.80 Å². The number of Topliss-reactive ketones (excluding diaryl/α,β-unsaturated/α-hetero) is 4. The first kappa shape index (κ1) is 32.6. The molecule has 3 aliphatic rings. The van der Waals surface area contributed by atoms with E-state index in [4.69, 9.17) is 5.73 Å². The van der Waals surface area contributed by atoms with Crippen LogP contribution in [0, 0.1) is 23.7 Å². The molecule has 0 aliphatic heterocycles. The lowest BCUT2D eigenvalue weighted by molar-refractivity contribution is -0.181. The van der Waals surface area contributed by atoms with Gasteiger partial charge in [0.1, 0.15) is 5.75 Å². The molecule has 0 saturated heterocycles. The molecule has 2 fully saturated rings. The van der Waals surface area contributed by atoms with Crippen LogP contribution in [0.1, 0.15) is 41.3 Å². The second-order valence-corrected chi connectivity index (χ2v) is 12.5. The zero-order valence-electron chi connectivity index (χ0n) is 24.9. The normalized spacial score (nSPS) is 29.8. The highest BCUT2D eigenvalue weighted by Gasteiger charge is 2.69. The van der Waals surface area contributed by atoms with Gasteiger partial charge in [0.2, 0.25) is 5.91 Å². The van der Waals surface area contributed by atoms with Crippen LogP contribution in [0.2, 0.25) is 0 Å². The number of nitrogens with zero attached hydrogens (tertiary/aromatic N) is 3. The number of aliphatic hydroxyl groups is 1. The molecule has 1 amide bonds. The van der Waals surface area contributed by atoms with Crippen LogP contribution in [0.5, 0.6) is 5.75 Å². The predicted molar refractivity (Wildman–Crippen MR) is 147 cm³/mol. The third-order valence-electron chi connectivity index (χ3n) is 9.30. The number of halogens is 3. The summed E-state index contributed by atoms with van der Waals surface area (Å²) in [6.45, 7) is 1.24. The molecule has 0 heterocycles. The molecular weight excluding hydrogens is 573 g/mol. The molecule has 0 radical (unpaired) electrons. The van der Waals surface area contributed by atoms with Gasteiger partial charge < -0.3 is 20.8 Å². The summed E-state index contributed by atoms with van der Waals surface area (Å²) in [5.41, 5.74) is 3.37. The highest BCUT2D eigenvalue weighted by atomic mass is 19.4. The zero-order chi connectivity index (χ0) is 32.5. The van der Waals surface area contributed by atoms with Crippen LogP contribution >= 0.6 is 0 Å². The summed E-state index contributed by atoms with van der Waals surface area (Å²) in [5, 5.41) is 23.0. The lowest BCUT2D eigenvalue weighted by atomic mass is 9.52. The Balaban J connectivity index is 1.82. The number of fused-ring (bicyclic) bond motifs is 3. The number of nitrogens with two attached hydrogens (primary N) is 1. The summed E-state index contributed by atoms with van der Waals surface area (Å²) < 4.78 is 39.0. The second kappa shape index (κ2) is 11.0. The Hall–Kier alpha value is -3.36. The largest absolute Gasteiger partial charge is 0.507 e. The van der Waals surface area contributed by atoms with E-state index in [1.807, 2.05) is 0 Å². The van der Waals surface area contributed by atoms with Gasteiger partial charge in [-0.1, -0.05) is 0 Å². The number of phenolic OH excluding ortho intramolecular Hbond substituents is 1. The number of carbonyl (C=O) groups excluding carboxylic acids is 5. The van der Waals surface area contributed by atoms with Crippen LogP contribution in [0.25, 0.3) is 0 Å². The smallest absolute Gasteiger partial charge is 0.390 e. The third kappa shape index (κ3) is 5.22. The van der Waals surface area contributed by atoms with E-state index in [0.717, 1.165) is 0 Å². The molecule has 1 aromatic carbocycles. The van der Waals surface area contributed by atoms with Gasteiger partial charge in [0.15, 0.2) is 34.7 Å². The van der Waals surface area contributed by atoms with Crippen molar-refractivity contribution in [2.45, 2.75) is 56.6 Å². The van der Waals surface area contributed by atoms with Gasteiger partial charge >= 0.3 is 6.18 Å². The summed E-state index contributed by atoms with van der Waals surface area (Å²) in [5.74, 6) is -11.6. The van der Waals surface area contributed by atoms with Gasteiger partial charge in [0.25, 0.3) is 0 Å². The Morgan fingerprint density at radius 1 is 1.12 bits per heavy atom. The van der Waals surface area contributed by atoms with Crippen LogP contribution in [0.3, 0.4) is 0 Å². The van der Waals surface area contributed by atoms with Crippen LogP contribution in [-0.4, -0.2) is 108 Å². The van der Waals surface area contributed by atoms with Crippen molar-refractivity contribution in [3.8, 4) is 5.75 Å². The first-order chi connectivity index (χ1) is 19.7. The van der Waals surface area contributed by atoms with Gasteiger partial charge in [-0.15, -0.1) is 0 Å². The number of likely N-dealkylation sites (N-methyl/N-ethyl adjacent to an activating group) is 1. The highest BCUT2D eigenvalue weighted by Crippen LogP contribution is 2.52. The Labute approximate surface area is 246 Å². The summed E-state index contributed by atoms with van der Waals surface area (Å²) in [6, 6.07) is -0.569. The van der Waals surface area contributed by atoms with Gasteiger partial charge in [-0.25, -0.2) is 0 Å². The summed E-state index contributed by atoms with van der Waals surface area (Å²) in [4.78, 5) is 71.4. The number of phenols is 1. The summed E-state index contributed by atoms with van der Waals surface area (Å²) in [6.07, 6.45) is -5.51. The van der Waals surface area contributed by atoms with E-state index < -0.39 is 88.7 Å². The Kier molecular flexibility index (Phi) is 8.31. The fraction of sp³-hybridized carbons (Fsp3) is 0.621. The Bertz CT molecular complexity index is 1390. The number of aromatic hydroxyl groups is 1. The molecule has 4 N–H and O–H groups in total. The molecule has 7 atom stereocenters. The molecule has 7 unspecified atom stereocenters.